The van der Waals surface area contributed by atoms with Gasteiger partial charge in [-0.3, -0.25) is 6.92 Å². The van der Waals surface area contributed by atoms with Crippen molar-refractivity contribution in [3.05, 3.63) is 43.2 Å². The monoisotopic (exact) mass is 231 g/mol. The number of rotatable bonds is 6. The molecule has 2 nitrogen and oxygen atoms in total. The van der Waals surface area contributed by atoms with Gasteiger partial charge in [0.2, 0.25) is 0 Å². The van der Waals surface area contributed by atoms with Crippen LogP contribution < -0.4 is 4.74 Å². The molecule has 1 fully saturated rings. The van der Waals surface area contributed by atoms with Crippen molar-refractivity contribution in [3.63, 3.8) is 0 Å². The predicted molar refractivity (Wildman–Crippen MR) is 71.0 cm³/mol. The molecule has 2 rings (SSSR count). The van der Waals surface area contributed by atoms with Crippen LogP contribution in [0.2, 0.25) is 0 Å². The van der Waals surface area contributed by atoms with Gasteiger partial charge in [-0.25, -0.2) is 0 Å². The fourth-order valence-corrected chi connectivity index (χ4v) is 2.22. The quantitative estimate of drug-likeness (QED) is 0.551. The van der Waals surface area contributed by atoms with Crippen LogP contribution in [-0.4, -0.2) is 31.1 Å². The lowest BCUT2D eigenvalue weighted by Gasteiger charge is -2.14. The Kier molecular flexibility index (Phi) is 4.75. The van der Waals surface area contributed by atoms with Crippen molar-refractivity contribution in [2.24, 2.45) is 0 Å². The van der Waals surface area contributed by atoms with Gasteiger partial charge in [0.25, 0.3) is 0 Å². The Bertz CT molecular complexity index is 331. The van der Waals surface area contributed by atoms with Gasteiger partial charge in [0.1, 0.15) is 5.56 Å². The summed E-state index contributed by atoms with van der Waals surface area (Å²) in [6.45, 7) is 8.27. The topological polar surface area (TPSA) is 12.5 Å². The molecular weight excluding hydrogens is 210 g/mol. The molecule has 1 saturated heterocycles. The van der Waals surface area contributed by atoms with Gasteiger partial charge in [-0.1, -0.05) is 0 Å². The van der Waals surface area contributed by atoms with Gasteiger partial charge < -0.3 is 9.64 Å². The number of nitrogens with zero attached hydrogens (tertiary/aromatic N) is 1. The number of hydrogen-bond acceptors (Lipinski definition) is 2. The number of hydrogen-bond donors (Lipinski definition) is 0. The molecule has 1 aromatic rings. The lowest BCUT2D eigenvalue weighted by atomic mass is 10.2. The molecule has 0 amide bonds. The molecule has 0 saturated carbocycles. The Morgan fingerprint density at radius 2 is 2.12 bits per heavy atom. The molecule has 0 atom stereocenters. The van der Waals surface area contributed by atoms with Crippen LogP contribution in [0.5, 0.6) is 5.75 Å². The van der Waals surface area contributed by atoms with Gasteiger partial charge in [-0.15, -0.1) is 6.42 Å². The van der Waals surface area contributed by atoms with Crippen LogP contribution in [0.1, 0.15) is 24.8 Å². The highest BCUT2D eigenvalue weighted by molar-refractivity contribution is 5.33. The maximum Gasteiger partial charge on any atom is 0.177 e. The largest absolute Gasteiger partial charge is 0.482 e. The average molecular weight is 231 g/mol. The molecule has 17 heavy (non-hydrogen) atoms. The van der Waals surface area contributed by atoms with E-state index in [9.17, 15) is 0 Å². The first kappa shape index (κ1) is 12.3. The van der Waals surface area contributed by atoms with Gasteiger partial charge in [0, 0.05) is 18.7 Å². The van der Waals surface area contributed by atoms with Crippen LogP contribution in [0.3, 0.4) is 0 Å². The van der Waals surface area contributed by atoms with Crippen LogP contribution in [0.4, 0.5) is 0 Å². The summed E-state index contributed by atoms with van der Waals surface area (Å²) >= 11 is 0. The minimum absolute atomic E-state index is 0.803. The van der Waals surface area contributed by atoms with E-state index in [0.29, 0.717) is 0 Å². The maximum atomic E-state index is 5.73. The van der Waals surface area contributed by atoms with Crippen LogP contribution in [0, 0.1) is 13.3 Å². The van der Waals surface area contributed by atoms with Gasteiger partial charge in [-0.2, -0.15) is 0 Å². The Morgan fingerprint density at radius 1 is 1.29 bits per heavy atom. The highest BCUT2D eigenvalue weighted by Gasteiger charge is 2.10. The zero-order valence-corrected chi connectivity index (χ0v) is 10.4. The first-order valence-corrected chi connectivity index (χ1v) is 6.46. The number of benzene rings is 1. The molecule has 0 spiro atoms. The third-order valence-electron chi connectivity index (χ3n) is 3.18. The first-order chi connectivity index (χ1) is 8.38. The Labute approximate surface area is 105 Å². The Morgan fingerprint density at radius 3 is 2.88 bits per heavy atom. The zero-order valence-electron chi connectivity index (χ0n) is 10.4. The second-order valence-electron chi connectivity index (χ2n) is 4.53. The lowest BCUT2D eigenvalue weighted by molar-refractivity contribution is 0.263. The second-order valence-corrected chi connectivity index (χ2v) is 4.53. The second kappa shape index (κ2) is 6.55. The van der Waals surface area contributed by atoms with Crippen molar-refractivity contribution < 1.29 is 4.74 Å². The fourth-order valence-electron chi connectivity index (χ4n) is 2.22. The molecule has 0 radical (unpaired) electrons. The molecule has 1 aromatic carbocycles. The summed E-state index contributed by atoms with van der Waals surface area (Å²) in [6.07, 6.45) is 5.68. The summed E-state index contributed by atoms with van der Waals surface area (Å²) in [6, 6.07) is 8.07. The molecule has 0 unspecified atom stereocenters. The SMILES string of the molecule is [CH2-][CH+]c1cccc(OCCCN2CCCC2)c1. The first-order valence-electron chi connectivity index (χ1n) is 6.46. The van der Waals surface area contributed by atoms with E-state index in [1.165, 1.54) is 32.5 Å². The van der Waals surface area contributed by atoms with E-state index in [4.69, 9.17) is 4.74 Å². The van der Waals surface area contributed by atoms with E-state index in [0.717, 1.165) is 24.3 Å². The van der Waals surface area contributed by atoms with Crippen molar-refractivity contribution in [1.82, 2.24) is 4.90 Å². The van der Waals surface area contributed by atoms with E-state index in [-0.39, 0.29) is 0 Å². The molecule has 1 aliphatic rings. The smallest absolute Gasteiger partial charge is 0.177 e. The van der Waals surface area contributed by atoms with Gasteiger partial charge in [0.15, 0.2) is 5.75 Å². The molecule has 2 heteroatoms. The Balaban J connectivity index is 1.66. The maximum absolute atomic E-state index is 5.73. The van der Waals surface area contributed by atoms with E-state index < -0.39 is 0 Å². The van der Waals surface area contributed by atoms with Crippen molar-refractivity contribution >= 4 is 0 Å². The normalized spacial score (nSPS) is 16.1. The third-order valence-corrected chi connectivity index (χ3v) is 3.18. The molecule has 0 N–H and O–H groups in total. The third kappa shape index (κ3) is 3.97. The van der Waals surface area contributed by atoms with Crippen molar-refractivity contribution in [3.8, 4) is 5.75 Å². The fraction of sp³-hybridized carbons (Fsp3) is 0.467. The molecule has 0 aliphatic carbocycles. The minimum Gasteiger partial charge on any atom is -0.482 e. The number of ether oxygens (including phenoxy) is 1. The summed E-state index contributed by atoms with van der Waals surface area (Å²) in [7, 11) is 0. The predicted octanol–water partition coefficient (Wildman–Crippen LogP) is 2.94. The molecule has 1 aliphatic heterocycles. The van der Waals surface area contributed by atoms with E-state index in [2.05, 4.69) is 11.8 Å². The van der Waals surface area contributed by atoms with Crippen LogP contribution in [-0.2, 0) is 0 Å². The van der Waals surface area contributed by atoms with Crippen LogP contribution >= 0.6 is 0 Å². The van der Waals surface area contributed by atoms with Crippen molar-refractivity contribution in [2.75, 3.05) is 26.2 Å². The minimum atomic E-state index is 0.803. The molecule has 1 heterocycles. The van der Waals surface area contributed by atoms with Gasteiger partial charge >= 0.3 is 0 Å². The molecule has 92 valence electrons. The van der Waals surface area contributed by atoms with Crippen molar-refractivity contribution in [2.45, 2.75) is 19.3 Å². The summed E-state index contributed by atoms with van der Waals surface area (Å²) in [4.78, 5) is 2.52. The van der Waals surface area contributed by atoms with E-state index >= 15 is 0 Å². The summed E-state index contributed by atoms with van der Waals surface area (Å²) < 4.78 is 5.73. The summed E-state index contributed by atoms with van der Waals surface area (Å²) in [5.41, 5.74) is 1.11. The van der Waals surface area contributed by atoms with E-state index in [1.54, 1.807) is 0 Å². The highest BCUT2D eigenvalue weighted by Crippen LogP contribution is 2.14. The highest BCUT2D eigenvalue weighted by atomic mass is 16.5. The molecular formula is C15H21NO. The van der Waals surface area contributed by atoms with Gasteiger partial charge in [0.05, 0.1) is 12.7 Å². The van der Waals surface area contributed by atoms with Crippen molar-refractivity contribution in [1.29, 1.82) is 0 Å². The molecule has 0 bridgehead atoms. The van der Waals surface area contributed by atoms with Gasteiger partial charge in [-0.05, 0) is 38.4 Å². The molecule has 0 aromatic heterocycles. The average Bonchev–Trinajstić information content (AvgIpc) is 2.88. The Hall–Kier alpha value is -1.15. The standard InChI is InChI=1S/C15H21NO/c1-2-14-7-5-8-15(13-14)17-12-6-11-16-9-3-4-10-16/h2,5,7-8,13H,1,3-4,6,9-12H2. The summed E-state index contributed by atoms with van der Waals surface area (Å²) in [5.74, 6) is 0.948. The van der Waals surface area contributed by atoms with Crippen LogP contribution in [0.15, 0.2) is 24.3 Å². The summed E-state index contributed by atoms with van der Waals surface area (Å²) in [5, 5.41) is 0. The zero-order chi connectivity index (χ0) is 11.9. The lowest BCUT2D eigenvalue weighted by Crippen LogP contribution is -2.21. The number of likely N-dealkylation sites (tertiary alicyclic amines) is 1. The van der Waals surface area contributed by atoms with E-state index in [1.807, 2.05) is 30.7 Å². The van der Waals surface area contributed by atoms with Crippen LogP contribution in [0.25, 0.3) is 0 Å².